The number of likely N-dealkylation sites (tertiary alicyclic amines) is 1. The number of nitrogens with zero attached hydrogens (tertiary/aromatic N) is 2. The molecule has 0 amide bonds. The zero-order valence-electron chi connectivity index (χ0n) is 13.3. The lowest BCUT2D eigenvalue weighted by atomic mass is 9.87. The molecule has 0 N–H and O–H groups in total. The number of aromatic nitrogens is 1. The molecule has 2 aliphatic rings. The second-order valence-corrected chi connectivity index (χ2v) is 6.83. The van der Waals surface area contributed by atoms with Crippen molar-refractivity contribution in [1.82, 2.24) is 9.88 Å². The van der Waals surface area contributed by atoms with Gasteiger partial charge in [0.15, 0.2) is 0 Å². The first-order chi connectivity index (χ1) is 10.1. The van der Waals surface area contributed by atoms with Gasteiger partial charge in [0.05, 0.1) is 19.3 Å². The third-order valence-electron chi connectivity index (χ3n) is 5.01. The van der Waals surface area contributed by atoms with Crippen LogP contribution < -0.4 is 4.74 Å². The van der Waals surface area contributed by atoms with Gasteiger partial charge in [-0.2, -0.15) is 0 Å². The summed E-state index contributed by atoms with van der Waals surface area (Å²) in [5.41, 5.74) is 1.26. The first-order valence-corrected chi connectivity index (χ1v) is 7.96. The minimum atomic E-state index is 0.102. The van der Waals surface area contributed by atoms with Gasteiger partial charge in [0.1, 0.15) is 0 Å². The summed E-state index contributed by atoms with van der Waals surface area (Å²) in [6, 6.07) is 4.08. The van der Waals surface area contributed by atoms with E-state index < -0.39 is 0 Å². The summed E-state index contributed by atoms with van der Waals surface area (Å²) in [6.07, 6.45) is 4.14. The molecular weight excluding hydrogens is 264 g/mol. The van der Waals surface area contributed by atoms with Gasteiger partial charge in [-0.1, -0.05) is 19.9 Å². The fourth-order valence-electron chi connectivity index (χ4n) is 3.62. The molecule has 1 aromatic rings. The first kappa shape index (κ1) is 14.8. The van der Waals surface area contributed by atoms with E-state index in [1.54, 1.807) is 13.3 Å². The highest BCUT2D eigenvalue weighted by Gasteiger charge is 2.45. The predicted molar refractivity (Wildman–Crippen MR) is 82.3 cm³/mol. The fraction of sp³-hybridized carbons (Fsp3) is 0.706. The summed E-state index contributed by atoms with van der Waals surface area (Å²) in [7, 11) is 1.69. The standard InChI is InChI=1S/C17H26N2O2/c1-13(2)15-9-17(21-11-15)6-8-19(12-17)10-14-5-4-7-18-16(14)20-3/h4-5,7,13,15H,6,8-12H2,1-3H3. The Labute approximate surface area is 127 Å². The van der Waals surface area contributed by atoms with E-state index in [-0.39, 0.29) is 5.60 Å². The zero-order chi connectivity index (χ0) is 14.9. The minimum Gasteiger partial charge on any atom is -0.481 e. The van der Waals surface area contributed by atoms with Crippen molar-refractivity contribution < 1.29 is 9.47 Å². The van der Waals surface area contributed by atoms with E-state index in [0.29, 0.717) is 0 Å². The number of hydrogen-bond donors (Lipinski definition) is 0. The number of methoxy groups -OCH3 is 1. The van der Waals surface area contributed by atoms with E-state index in [0.717, 1.165) is 55.9 Å². The molecule has 2 fully saturated rings. The molecule has 4 heteroatoms. The average molecular weight is 290 g/mol. The lowest BCUT2D eigenvalue weighted by molar-refractivity contribution is 0.0105. The average Bonchev–Trinajstić information content (AvgIpc) is 3.07. The Kier molecular flexibility index (Phi) is 4.18. The molecule has 0 bridgehead atoms. The molecule has 1 aromatic heterocycles. The van der Waals surface area contributed by atoms with Crippen molar-refractivity contribution in [2.24, 2.45) is 11.8 Å². The maximum atomic E-state index is 6.21. The van der Waals surface area contributed by atoms with Crippen LogP contribution in [0.1, 0.15) is 32.3 Å². The second kappa shape index (κ2) is 5.93. The quantitative estimate of drug-likeness (QED) is 0.854. The van der Waals surface area contributed by atoms with E-state index in [9.17, 15) is 0 Å². The van der Waals surface area contributed by atoms with Crippen LogP contribution in [0.4, 0.5) is 0 Å². The van der Waals surface area contributed by atoms with Crippen LogP contribution in [0.3, 0.4) is 0 Å². The van der Waals surface area contributed by atoms with Crippen molar-refractivity contribution in [3.63, 3.8) is 0 Å². The molecule has 2 unspecified atom stereocenters. The van der Waals surface area contributed by atoms with Crippen molar-refractivity contribution in [2.45, 2.75) is 38.8 Å². The van der Waals surface area contributed by atoms with Crippen LogP contribution in [-0.4, -0.2) is 42.3 Å². The predicted octanol–water partition coefficient (Wildman–Crippen LogP) is 2.73. The van der Waals surface area contributed by atoms with E-state index in [1.165, 1.54) is 6.42 Å². The van der Waals surface area contributed by atoms with Crippen LogP contribution >= 0.6 is 0 Å². The van der Waals surface area contributed by atoms with E-state index in [2.05, 4.69) is 29.8 Å². The fourth-order valence-corrected chi connectivity index (χ4v) is 3.62. The van der Waals surface area contributed by atoms with Gasteiger partial charge < -0.3 is 9.47 Å². The van der Waals surface area contributed by atoms with Gasteiger partial charge in [0.25, 0.3) is 0 Å². The molecule has 0 radical (unpaired) electrons. The normalized spacial score (nSPS) is 29.6. The Morgan fingerprint density at radius 2 is 2.38 bits per heavy atom. The van der Waals surface area contributed by atoms with Crippen LogP contribution in [0, 0.1) is 11.8 Å². The van der Waals surface area contributed by atoms with Crippen LogP contribution in [-0.2, 0) is 11.3 Å². The van der Waals surface area contributed by atoms with Gasteiger partial charge in [-0.05, 0) is 30.7 Å². The smallest absolute Gasteiger partial charge is 0.217 e. The topological polar surface area (TPSA) is 34.6 Å². The molecule has 2 aliphatic heterocycles. The van der Waals surface area contributed by atoms with E-state index in [4.69, 9.17) is 9.47 Å². The molecule has 0 aromatic carbocycles. The molecule has 21 heavy (non-hydrogen) atoms. The van der Waals surface area contributed by atoms with Crippen molar-refractivity contribution in [2.75, 3.05) is 26.8 Å². The van der Waals surface area contributed by atoms with Crippen molar-refractivity contribution in [3.05, 3.63) is 23.9 Å². The maximum absolute atomic E-state index is 6.21. The molecule has 3 rings (SSSR count). The lowest BCUT2D eigenvalue weighted by Crippen LogP contribution is -2.32. The number of rotatable bonds is 4. The molecule has 2 saturated heterocycles. The SMILES string of the molecule is COc1ncccc1CN1CCC2(CC(C(C)C)CO2)C1. The van der Waals surface area contributed by atoms with Crippen LogP contribution in [0.5, 0.6) is 5.88 Å². The highest BCUT2D eigenvalue weighted by molar-refractivity contribution is 5.25. The summed E-state index contributed by atoms with van der Waals surface area (Å²) in [4.78, 5) is 6.76. The number of ether oxygens (including phenoxy) is 2. The largest absolute Gasteiger partial charge is 0.481 e. The van der Waals surface area contributed by atoms with Crippen LogP contribution in [0.25, 0.3) is 0 Å². The van der Waals surface area contributed by atoms with E-state index >= 15 is 0 Å². The van der Waals surface area contributed by atoms with Crippen LogP contribution in [0.2, 0.25) is 0 Å². The Balaban J connectivity index is 1.63. The zero-order valence-corrected chi connectivity index (χ0v) is 13.3. The molecule has 0 aliphatic carbocycles. The summed E-state index contributed by atoms with van der Waals surface area (Å²) < 4.78 is 11.6. The summed E-state index contributed by atoms with van der Waals surface area (Å²) in [5.74, 6) is 2.18. The molecule has 116 valence electrons. The minimum absolute atomic E-state index is 0.102. The Hall–Kier alpha value is -1.13. The molecule has 0 saturated carbocycles. The van der Waals surface area contributed by atoms with Gasteiger partial charge in [-0.3, -0.25) is 4.90 Å². The number of hydrogen-bond acceptors (Lipinski definition) is 4. The lowest BCUT2D eigenvalue weighted by Gasteiger charge is -2.24. The highest BCUT2D eigenvalue weighted by atomic mass is 16.5. The molecule has 2 atom stereocenters. The highest BCUT2D eigenvalue weighted by Crippen LogP contribution is 2.40. The summed E-state index contributed by atoms with van der Waals surface area (Å²) in [6.45, 7) is 8.58. The van der Waals surface area contributed by atoms with Gasteiger partial charge >= 0.3 is 0 Å². The first-order valence-electron chi connectivity index (χ1n) is 7.96. The molecule has 3 heterocycles. The Bertz CT molecular complexity index is 491. The van der Waals surface area contributed by atoms with Gasteiger partial charge in [0, 0.05) is 31.4 Å². The summed E-state index contributed by atoms with van der Waals surface area (Å²) >= 11 is 0. The monoisotopic (exact) mass is 290 g/mol. The molecule has 1 spiro atoms. The number of pyridine rings is 1. The second-order valence-electron chi connectivity index (χ2n) is 6.83. The third-order valence-corrected chi connectivity index (χ3v) is 5.01. The Morgan fingerprint density at radius 3 is 3.10 bits per heavy atom. The maximum Gasteiger partial charge on any atom is 0.217 e. The van der Waals surface area contributed by atoms with Crippen molar-refractivity contribution in [1.29, 1.82) is 0 Å². The van der Waals surface area contributed by atoms with Crippen LogP contribution in [0.15, 0.2) is 18.3 Å². The van der Waals surface area contributed by atoms with Gasteiger partial charge in [-0.15, -0.1) is 0 Å². The Morgan fingerprint density at radius 1 is 1.52 bits per heavy atom. The third kappa shape index (κ3) is 3.06. The van der Waals surface area contributed by atoms with Crippen molar-refractivity contribution >= 4 is 0 Å². The van der Waals surface area contributed by atoms with Crippen molar-refractivity contribution in [3.8, 4) is 5.88 Å². The van der Waals surface area contributed by atoms with Gasteiger partial charge in [0.2, 0.25) is 5.88 Å². The molecular formula is C17H26N2O2. The van der Waals surface area contributed by atoms with Gasteiger partial charge in [-0.25, -0.2) is 4.98 Å². The summed E-state index contributed by atoms with van der Waals surface area (Å²) in [5, 5.41) is 0. The molecule has 4 nitrogen and oxygen atoms in total. The van der Waals surface area contributed by atoms with E-state index in [1.807, 2.05) is 6.07 Å².